The van der Waals surface area contributed by atoms with Crippen LogP contribution in [0.2, 0.25) is 0 Å². The predicted octanol–water partition coefficient (Wildman–Crippen LogP) is 1.64. The summed E-state index contributed by atoms with van der Waals surface area (Å²) in [5.74, 6) is 2.72. The number of carbonyl (C=O) groups excluding carboxylic acids is 1. The van der Waals surface area contributed by atoms with Crippen LogP contribution >= 0.6 is 0 Å². The molecule has 5 nitrogen and oxygen atoms in total. The Hall–Kier alpha value is -1.33. The number of hydrogen-bond donors (Lipinski definition) is 1. The van der Waals surface area contributed by atoms with Crippen LogP contribution in [0.1, 0.15) is 25.0 Å². The summed E-state index contributed by atoms with van der Waals surface area (Å²) in [7, 11) is 0. The molecule has 0 bridgehead atoms. The number of rotatable bonds is 5. The topological polar surface area (TPSA) is 54.7 Å². The van der Waals surface area contributed by atoms with Gasteiger partial charge in [-0.2, -0.15) is 0 Å². The Kier molecular flexibility index (Phi) is 3.92. The largest absolute Gasteiger partial charge is 0.468 e. The highest BCUT2D eigenvalue weighted by atomic mass is 16.5. The summed E-state index contributed by atoms with van der Waals surface area (Å²) in [6.07, 6.45) is 5.21. The molecule has 0 spiro atoms. The van der Waals surface area contributed by atoms with Crippen molar-refractivity contribution in [2.24, 2.45) is 17.8 Å². The molecular formula is C17H24N2O3. The number of furan rings is 1. The third-order valence-electron chi connectivity index (χ3n) is 5.26. The van der Waals surface area contributed by atoms with Gasteiger partial charge in [0.15, 0.2) is 0 Å². The Bertz CT molecular complexity index is 512. The van der Waals surface area contributed by atoms with Gasteiger partial charge in [0.05, 0.1) is 25.5 Å². The van der Waals surface area contributed by atoms with Crippen molar-refractivity contribution in [1.29, 1.82) is 0 Å². The molecule has 3 aliphatic rings. The fraction of sp³-hybridized carbons (Fsp3) is 0.706. The van der Waals surface area contributed by atoms with Crippen LogP contribution in [0, 0.1) is 17.8 Å². The fourth-order valence-electron chi connectivity index (χ4n) is 3.83. The average molecular weight is 304 g/mol. The van der Waals surface area contributed by atoms with Gasteiger partial charge in [0.25, 0.3) is 0 Å². The average Bonchev–Trinajstić information content (AvgIpc) is 3.12. The van der Waals surface area contributed by atoms with Crippen molar-refractivity contribution in [1.82, 2.24) is 10.2 Å². The molecule has 22 heavy (non-hydrogen) atoms. The van der Waals surface area contributed by atoms with Gasteiger partial charge >= 0.3 is 0 Å². The predicted molar refractivity (Wildman–Crippen MR) is 81.1 cm³/mol. The van der Waals surface area contributed by atoms with Gasteiger partial charge in [0.2, 0.25) is 5.91 Å². The van der Waals surface area contributed by atoms with Gasteiger partial charge in [0, 0.05) is 24.9 Å². The van der Waals surface area contributed by atoms with Crippen LogP contribution < -0.4 is 5.32 Å². The Morgan fingerprint density at radius 3 is 3.05 bits per heavy atom. The normalized spacial score (nSPS) is 31.9. The lowest BCUT2D eigenvalue weighted by molar-refractivity contribution is -0.122. The minimum absolute atomic E-state index is 0.207. The van der Waals surface area contributed by atoms with E-state index in [0.29, 0.717) is 18.4 Å². The standard InChI is InChI=1S/C17H24N2O3/c20-17(12-3-4-12)18-8-16-15-5-6-19(9-13(15)11-22-16)10-14-2-1-7-21-14/h1-2,7,12-13,15-16H,3-6,8-11H2,(H,18,20)/t13-,15-,16-/m0/s1. The van der Waals surface area contributed by atoms with Gasteiger partial charge in [-0.15, -0.1) is 0 Å². The Morgan fingerprint density at radius 1 is 1.36 bits per heavy atom. The third kappa shape index (κ3) is 3.06. The van der Waals surface area contributed by atoms with Gasteiger partial charge < -0.3 is 14.5 Å². The molecule has 1 aromatic heterocycles. The Morgan fingerprint density at radius 2 is 2.27 bits per heavy atom. The van der Waals surface area contributed by atoms with Gasteiger partial charge in [-0.25, -0.2) is 0 Å². The number of ether oxygens (including phenoxy) is 1. The first-order chi connectivity index (χ1) is 10.8. The van der Waals surface area contributed by atoms with Crippen molar-refractivity contribution >= 4 is 5.91 Å². The number of amides is 1. The van der Waals surface area contributed by atoms with Crippen LogP contribution in [0.5, 0.6) is 0 Å². The summed E-state index contributed by atoms with van der Waals surface area (Å²) in [6.45, 7) is 4.55. The van der Waals surface area contributed by atoms with E-state index in [1.54, 1.807) is 6.26 Å². The van der Waals surface area contributed by atoms with Crippen molar-refractivity contribution in [2.75, 3.05) is 26.2 Å². The molecule has 120 valence electrons. The zero-order chi connectivity index (χ0) is 14.9. The quantitative estimate of drug-likeness (QED) is 0.898. The minimum atomic E-state index is 0.207. The molecule has 2 aliphatic heterocycles. The molecule has 1 amide bonds. The lowest BCUT2D eigenvalue weighted by Crippen LogP contribution is -2.43. The summed E-state index contributed by atoms with van der Waals surface area (Å²) >= 11 is 0. The van der Waals surface area contributed by atoms with Gasteiger partial charge in [-0.1, -0.05) is 0 Å². The van der Waals surface area contributed by atoms with E-state index >= 15 is 0 Å². The van der Waals surface area contributed by atoms with Gasteiger partial charge in [0.1, 0.15) is 5.76 Å². The molecule has 1 aliphatic carbocycles. The summed E-state index contributed by atoms with van der Waals surface area (Å²) in [5.41, 5.74) is 0. The van der Waals surface area contributed by atoms with E-state index in [0.717, 1.165) is 51.3 Å². The molecule has 1 aromatic rings. The molecule has 0 radical (unpaired) electrons. The molecule has 3 atom stereocenters. The Balaban J connectivity index is 1.27. The molecule has 2 saturated heterocycles. The monoisotopic (exact) mass is 304 g/mol. The number of nitrogens with zero attached hydrogens (tertiary/aromatic N) is 1. The molecule has 4 rings (SSSR count). The van der Waals surface area contributed by atoms with E-state index in [2.05, 4.69) is 10.2 Å². The van der Waals surface area contributed by atoms with Crippen molar-refractivity contribution < 1.29 is 13.9 Å². The number of hydrogen-bond acceptors (Lipinski definition) is 4. The number of fused-ring (bicyclic) bond motifs is 1. The van der Waals surface area contributed by atoms with E-state index < -0.39 is 0 Å². The molecule has 0 aromatic carbocycles. The number of carbonyl (C=O) groups is 1. The first kappa shape index (κ1) is 14.3. The summed E-state index contributed by atoms with van der Waals surface area (Å²) in [5, 5.41) is 3.07. The van der Waals surface area contributed by atoms with E-state index in [4.69, 9.17) is 9.15 Å². The number of piperidine rings is 1. The second-order valence-corrected chi connectivity index (χ2v) is 6.92. The maximum absolute atomic E-state index is 11.8. The van der Waals surface area contributed by atoms with Crippen LogP contribution in [0.15, 0.2) is 22.8 Å². The zero-order valence-corrected chi connectivity index (χ0v) is 12.9. The molecule has 1 saturated carbocycles. The number of nitrogens with one attached hydrogen (secondary N) is 1. The molecule has 1 N–H and O–H groups in total. The molecule has 0 unspecified atom stereocenters. The summed E-state index contributed by atoms with van der Waals surface area (Å²) < 4.78 is 11.4. The maximum Gasteiger partial charge on any atom is 0.223 e. The van der Waals surface area contributed by atoms with Crippen molar-refractivity contribution in [2.45, 2.75) is 31.9 Å². The van der Waals surface area contributed by atoms with Crippen LogP contribution in [0.25, 0.3) is 0 Å². The van der Waals surface area contributed by atoms with Crippen molar-refractivity contribution in [3.8, 4) is 0 Å². The minimum Gasteiger partial charge on any atom is -0.468 e. The molecule has 3 heterocycles. The first-order valence-corrected chi connectivity index (χ1v) is 8.43. The highest BCUT2D eigenvalue weighted by molar-refractivity contribution is 5.80. The van der Waals surface area contributed by atoms with Crippen molar-refractivity contribution in [3.63, 3.8) is 0 Å². The smallest absolute Gasteiger partial charge is 0.223 e. The van der Waals surface area contributed by atoms with Gasteiger partial charge in [-0.3, -0.25) is 9.69 Å². The first-order valence-electron chi connectivity index (χ1n) is 8.43. The second-order valence-electron chi connectivity index (χ2n) is 6.92. The van der Waals surface area contributed by atoms with Crippen LogP contribution in [0.4, 0.5) is 0 Å². The van der Waals surface area contributed by atoms with Crippen LogP contribution in [0.3, 0.4) is 0 Å². The number of likely N-dealkylation sites (tertiary alicyclic amines) is 1. The van der Waals surface area contributed by atoms with E-state index in [1.165, 1.54) is 0 Å². The fourth-order valence-corrected chi connectivity index (χ4v) is 3.83. The molecular weight excluding hydrogens is 280 g/mol. The zero-order valence-electron chi connectivity index (χ0n) is 12.9. The summed E-state index contributed by atoms with van der Waals surface area (Å²) in [4.78, 5) is 14.2. The second kappa shape index (κ2) is 6.05. The van der Waals surface area contributed by atoms with Crippen molar-refractivity contribution in [3.05, 3.63) is 24.2 Å². The summed E-state index contributed by atoms with van der Waals surface area (Å²) in [6, 6.07) is 3.98. The van der Waals surface area contributed by atoms with Crippen LogP contribution in [-0.2, 0) is 16.1 Å². The van der Waals surface area contributed by atoms with Gasteiger partial charge in [-0.05, 0) is 43.9 Å². The highest BCUT2D eigenvalue weighted by Crippen LogP contribution is 2.35. The Labute approximate surface area is 131 Å². The lowest BCUT2D eigenvalue weighted by atomic mass is 9.84. The highest BCUT2D eigenvalue weighted by Gasteiger charge is 2.41. The maximum atomic E-state index is 11.8. The van der Waals surface area contributed by atoms with E-state index in [1.807, 2.05) is 12.1 Å². The molecule has 3 fully saturated rings. The van der Waals surface area contributed by atoms with E-state index in [-0.39, 0.29) is 17.9 Å². The lowest BCUT2D eigenvalue weighted by Gasteiger charge is -2.35. The van der Waals surface area contributed by atoms with Crippen LogP contribution in [-0.4, -0.2) is 43.2 Å². The molecule has 5 heteroatoms. The van der Waals surface area contributed by atoms with E-state index in [9.17, 15) is 4.79 Å². The SMILES string of the molecule is O=C(NC[C@@H]1OC[C@@H]2CN(Cc3ccco3)CC[C@@H]21)C1CC1. The third-order valence-corrected chi connectivity index (χ3v) is 5.26.